The summed E-state index contributed by atoms with van der Waals surface area (Å²) in [6.07, 6.45) is 5.65. The molecule has 2 heterocycles. The van der Waals surface area contributed by atoms with Crippen molar-refractivity contribution in [3.63, 3.8) is 0 Å². The maximum Gasteiger partial charge on any atom is 0.0738 e. The maximum atomic E-state index is 5.78. The summed E-state index contributed by atoms with van der Waals surface area (Å²) >= 11 is 0. The highest BCUT2D eigenvalue weighted by Crippen LogP contribution is 2.18. The monoisotopic (exact) mass is 245 g/mol. The molecule has 1 aliphatic rings. The van der Waals surface area contributed by atoms with Gasteiger partial charge in [0.2, 0.25) is 0 Å². The van der Waals surface area contributed by atoms with Crippen LogP contribution in [0.5, 0.6) is 0 Å². The van der Waals surface area contributed by atoms with Crippen molar-refractivity contribution in [1.29, 1.82) is 0 Å². The summed E-state index contributed by atoms with van der Waals surface area (Å²) in [6.45, 7) is 2.82. The number of rotatable bonds is 3. The SMILES string of the molecule is Cl.Cn1nncc1CN1CCCCC1CN. The third-order valence-electron chi connectivity index (χ3n) is 3.19. The normalized spacial score (nSPS) is 21.8. The fraction of sp³-hybridized carbons (Fsp3) is 0.800. The number of likely N-dealkylation sites (tertiary alicyclic amines) is 1. The molecule has 0 bridgehead atoms. The first kappa shape index (κ1) is 13.4. The molecule has 1 fully saturated rings. The van der Waals surface area contributed by atoms with Crippen LogP contribution in [-0.2, 0) is 13.6 Å². The number of hydrogen-bond acceptors (Lipinski definition) is 4. The van der Waals surface area contributed by atoms with Gasteiger partial charge in [-0.05, 0) is 19.4 Å². The number of hydrogen-bond donors (Lipinski definition) is 1. The van der Waals surface area contributed by atoms with Gasteiger partial charge in [0.1, 0.15) is 0 Å². The Morgan fingerprint density at radius 2 is 2.31 bits per heavy atom. The Balaban J connectivity index is 0.00000128. The van der Waals surface area contributed by atoms with Crippen molar-refractivity contribution < 1.29 is 0 Å². The summed E-state index contributed by atoms with van der Waals surface area (Å²) in [6, 6.07) is 0.536. The van der Waals surface area contributed by atoms with Crippen LogP contribution in [0.2, 0.25) is 0 Å². The topological polar surface area (TPSA) is 60.0 Å². The summed E-state index contributed by atoms with van der Waals surface area (Å²) in [5, 5.41) is 7.83. The fourth-order valence-electron chi connectivity index (χ4n) is 2.20. The van der Waals surface area contributed by atoms with Crippen molar-refractivity contribution in [2.24, 2.45) is 12.8 Å². The van der Waals surface area contributed by atoms with Gasteiger partial charge in [-0.1, -0.05) is 11.6 Å². The Labute approximate surface area is 102 Å². The lowest BCUT2D eigenvalue weighted by Gasteiger charge is -2.34. The minimum absolute atomic E-state index is 0. The number of halogens is 1. The molecule has 0 amide bonds. The first-order valence-electron chi connectivity index (χ1n) is 5.59. The largest absolute Gasteiger partial charge is 0.329 e. The molecule has 1 atom stereocenters. The minimum Gasteiger partial charge on any atom is -0.329 e. The standard InChI is InChI=1S/C10H19N5.ClH/c1-14-10(7-12-13-14)8-15-5-3-2-4-9(15)6-11;/h7,9H,2-6,8,11H2,1H3;1H. The van der Waals surface area contributed by atoms with Crippen LogP contribution in [-0.4, -0.2) is 39.0 Å². The summed E-state index contributed by atoms with van der Waals surface area (Å²) < 4.78 is 1.84. The maximum absolute atomic E-state index is 5.78. The molecule has 0 radical (unpaired) electrons. The van der Waals surface area contributed by atoms with Gasteiger partial charge in [-0.3, -0.25) is 9.58 Å². The highest BCUT2D eigenvalue weighted by Gasteiger charge is 2.21. The van der Waals surface area contributed by atoms with Crippen LogP contribution < -0.4 is 5.73 Å². The lowest BCUT2D eigenvalue weighted by atomic mass is 10.0. The summed E-state index contributed by atoms with van der Waals surface area (Å²) in [4.78, 5) is 2.45. The molecular formula is C10H20ClN5. The van der Waals surface area contributed by atoms with Gasteiger partial charge in [-0.25, -0.2) is 0 Å². The molecule has 0 saturated carbocycles. The summed E-state index contributed by atoms with van der Waals surface area (Å²) in [7, 11) is 1.93. The van der Waals surface area contributed by atoms with Crippen molar-refractivity contribution in [2.45, 2.75) is 31.8 Å². The van der Waals surface area contributed by atoms with E-state index in [4.69, 9.17) is 5.73 Å². The zero-order valence-electron chi connectivity index (χ0n) is 9.67. The smallest absolute Gasteiger partial charge is 0.0738 e. The molecular weight excluding hydrogens is 226 g/mol. The van der Waals surface area contributed by atoms with Gasteiger partial charge in [0, 0.05) is 26.2 Å². The van der Waals surface area contributed by atoms with Gasteiger partial charge in [-0.2, -0.15) is 0 Å². The van der Waals surface area contributed by atoms with E-state index in [1.165, 1.54) is 19.3 Å². The van der Waals surface area contributed by atoms with E-state index >= 15 is 0 Å². The van der Waals surface area contributed by atoms with Crippen LogP contribution in [0.1, 0.15) is 25.0 Å². The van der Waals surface area contributed by atoms with E-state index in [1.807, 2.05) is 17.9 Å². The van der Waals surface area contributed by atoms with Crippen molar-refractivity contribution in [2.75, 3.05) is 13.1 Å². The van der Waals surface area contributed by atoms with E-state index in [0.717, 1.165) is 25.3 Å². The molecule has 16 heavy (non-hydrogen) atoms. The molecule has 1 aromatic rings. The van der Waals surface area contributed by atoms with Crippen molar-refractivity contribution >= 4 is 12.4 Å². The number of nitrogens with zero attached hydrogens (tertiary/aromatic N) is 4. The number of aryl methyl sites for hydroxylation is 1. The Morgan fingerprint density at radius 1 is 1.50 bits per heavy atom. The molecule has 2 N–H and O–H groups in total. The van der Waals surface area contributed by atoms with Crippen LogP contribution in [0, 0.1) is 0 Å². The molecule has 1 aromatic heterocycles. The first-order chi connectivity index (χ1) is 7.31. The molecule has 2 rings (SSSR count). The second-order valence-corrected chi connectivity index (χ2v) is 4.20. The second-order valence-electron chi connectivity index (χ2n) is 4.20. The van der Waals surface area contributed by atoms with E-state index in [1.54, 1.807) is 0 Å². The molecule has 5 nitrogen and oxygen atoms in total. The Morgan fingerprint density at radius 3 is 2.94 bits per heavy atom. The molecule has 0 spiro atoms. The number of nitrogens with two attached hydrogens (primary N) is 1. The van der Waals surface area contributed by atoms with Gasteiger partial charge < -0.3 is 5.73 Å². The zero-order chi connectivity index (χ0) is 10.7. The minimum atomic E-state index is 0. The molecule has 1 saturated heterocycles. The van der Waals surface area contributed by atoms with Crippen molar-refractivity contribution in [1.82, 2.24) is 19.9 Å². The van der Waals surface area contributed by atoms with E-state index in [-0.39, 0.29) is 12.4 Å². The number of aromatic nitrogens is 3. The molecule has 1 unspecified atom stereocenters. The summed E-state index contributed by atoms with van der Waals surface area (Å²) in [5.74, 6) is 0. The second kappa shape index (κ2) is 6.18. The van der Waals surface area contributed by atoms with E-state index in [0.29, 0.717) is 6.04 Å². The molecule has 6 heteroatoms. The van der Waals surface area contributed by atoms with Crippen LogP contribution in [0.3, 0.4) is 0 Å². The van der Waals surface area contributed by atoms with Gasteiger partial charge in [0.05, 0.1) is 11.9 Å². The highest BCUT2D eigenvalue weighted by molar-refractivity contribution is 5.85. The fourth-order valence-corrected chi connectivity index (χ4v) is 2.20. The van der Waals surface area contributed by atoms with Crippen LogP contribution in [0.25, 0.3) is 0 Å². The average Bonchev–Trinajstić information content (AvgIpc) is 2.65. The lowest BCUT2D eigenvalue weighted by molar-refractivity contribution is 0.141. The predicted molar refractivity (Wildman–Crippen MR) is 65.4 cm³/mol. The quantitative estimate of drug-likeness (QED) is 0.845. The van der Waals surface area contributed by atoms with E-state index in [2.05, 4.69) is 15.2 Å². The zero-order valence-corrected chi connectivity index (χ0v) is 10.5. The summed E-state index contributed by atoms with van der Waals surface area (Å²) in [5.41, 5.74) is 6.94. The molecule has 0 aliphatic carbocycles. The van der Waals surface area contributed by atoms with E-state index in [9.17, 15) is 0 Å². The van der Waals surface area contributed by atoms with E-state index < -0.39 is 0 Å². The van der Waals surface area contributed by atoms with Gasteiger partial charge >= 0.3 is 0 Å². The molecule has 0 aromatic carbocycles. The third kappa shape index (κ3) is 2.93. The average molecular weight is 246 g/mol. The Kier molecular flexibility index (Phi) is 5.18. The highest BCUT2D eigenvalue weighted by atomic mass is 35.5. The lowest BCUT2D eigenvalue weighted by Crippen LogP contribution is -2.43. The van der Waals surface area contributed by atoms with Gasteiger partial charge in [0.25, 0.3) is 0 Å². The van der Waals surface area contributed by atoms with Gasteiger partial charge in [-0.15, -0.1) is 17.5 Å². The Hall–Kier alpha value is -0.650. The Bertz CT molecular complexity index is 314. The van der Waals surface area contributed by atoms with Gasteiger partial charge in [0.15, 0.2) is 0 Å². The van der Waals surface area contributed by atoms with Crippen LogP contribution >= 0.6 is 12.4 Å². The molecule has 92 valence electrons. The molecule has 1 aliphatic heterocycles. The third-order valence-corrected chi connectivity index (χ3v) is 3.19. The predicted octanol–water partition coefficient (Wildman–Crippen LogP) is 0.550. The van der Waals surface area contributed by atoms with Crippen LogP contribution in [0.15, 0.2) is 6.20 Å². The van der Waals surface area contributed by atoms with Crippen LogP contribution in [0.4, 0.5) is 0 Å². The number of piperidine rings is 1. The first-order valence-corrected chi connectivity index (χ1v) is 5.59. The van der Waals surface area contributed by atoms with Crippen molar-refractivity contribution in [3.8, 4) is 0 Å². The van der Waals surface area contributed by atoms with Crippen molar-refractivity contribution in [3.05, 3.63) is 11.9 Å².